The summed E-state index contributed by atoms with van der Waals surface area (Å²) >= 11 is 6.02. The van der Waals surface area contributed by atoms with Crippen LogP contribution in [0.5, 0.6) is 0 Å². The maximum Gasteiger partial charge on any atom is 0.233 e. The first-order chi connectivity index (χ1) is 10.5. The van der Waals surface area contributed by atoms with Crippen molar-refractivity contribution >= 4 is 29.9 Å². The van der Waals surface area contributed by atoms with Crippen LogP contribution in [0.15, 0.2) is 24.3 Å². The first-order valence-electron chi connectivity index (χ1n) is 8.25. The predicted octanol–water partition coefficient (Wildman–Crippen LogP) is 3.77. The van der Waals surface area contributed by atoms with E-state index in [4.69, 9.17) is 17.3 Å². The molecule has 1 aliphatic carbocycles. The van der Waals surface area contributed by atoms with E-state index in [-0.39, 0.29) is 23.2 Å². The summed E-state index contributed by atoms with van der Waals surface area (Å²) in [6.45, 7) is 4.45. The Labute approximate surface area is 150 Å². The number of carbonyl (C=O) groups excluding carboxylic acids is 1. The standard InChI is InChI=1S/C18H25ClN2O.ClH/c1-17(12-20)10-11-21(13-17)16(22)18(8-2-3-9-18)14-4-6-15(19)7-5-14;/h4-7H,2-3,8-13,20H2,1H3;1H. The Morgan fingerprint density at radius 2 is 1.83 bits per heavy atom. The summed E-state index contributed by atoms with van der Waals surface area (Å²) in [4.78, 5) is 15.4. The largest absolute Gasteiger partial charge is 0.341 e. The van der Waals surface area contributed by atoms with Crippen molar-refractivity contribution in [1.82, 2.24) is 4.90 Å². The Morgan fingerprint density at radius 3 is 2.35 bits per heavy atom. The van der Waals surface area contributed by atoms with Gasteiger partial charge in [0.15, 0.2) is 0 Å². The van der Waals surface area contributed by atoms with Gasteiger partial charge in [-0.1, -0.05) is 43.5 Å². The van der Waals surface area contributed by atoms with Gasteiger partial charge in [-0.15, -0.1) is 12.4 Å². The van der Waals surface area contributed by atoms with Gasteiger partial charge in [0.1, 0.15) is 0 Å². The maximum absolute atomic E-state index is 13.3. The molecule has 2 aliphatic rings. The van der Waals surface area contributed by atoms with Crippen molar-refractivity contribution in [3.8, 4) is 0 Å². The highest BCUT2D eigenvalue weighted by atomic mass is 35.5. The zero-order valence-corrected chi connectivity index (χ0v) is 15.3. The monoisotopic (exact) mass is 356 g/mol. The predicted molar refractivity (Wildman–Crippen MR) is 97.2 cm³/mol. The molecule has 1 atom stereocenters. The van der Waals surface area contributed by atoms with Crippen molar-refractivity contribution in [2.45, 2.75) is 44.4 Å². The minimum absolute atomic E-state index is 0. The Bertz CT molecular complexity index is 555. The van der Waals surface area contributed by atoms with Crippen molar-refractivity contribution in [2.24, 2.45) is 11.1 Å². The van der Waals surface area contributed by atoms with Gasteiger partial charge in [-0.3, -0.25) is 4.79 Å². The number of amides is 1. The van der Waals surface area contributed by atoms with Gasteiger partial charge >= 0.3 is 0 Å². The summed E-state index contributed by atoms with van der Waals surface area (Å²) in [5, 5.41) is 0.723. The van der Waals surface area contributed by atoms with Crippen LogP contribution in [0.4, 0.5) is 0 Å². The lowest BCUT2D eigenvalue weighted by atomic mass is 9.77. The van der Waals surface area contributed by atoms with Gasteiger partial charge in [0.25, 0.3) is 0 Å². The third-order valence-corrected chi connectivity index (χ3v) is 5.85. The third-order valence-electron chi connectivity index (χ3n) is 5.60. The average Bonchev–Trinajstić information content (AvgIpc) is 3.16. The van der Waals surface area contributed by atoms with Crippen LogP contribution >= 0.6 is 24.0 Å². The van der Waals surface area contributed by atoms with E-state index >= 15 is 0 Å². The molecule has 0 spiro atoms. The van der Waals surface area contributed by atoms with E-state index in [1.807, 2.05) is 29.2 Å². The smallest absolute Gasteiger partial charge is 0.233 e. The van der Waals surface area contributed by atoms with Gasteiger partial charge in [0.2, 0.25) is 5.91 Å². The quantitative estimate of drug-likeness (QED) is 0.895. The van der Waals surface area contributed by atoms with Gasteiger partial charge in [-0.05, 0) is 48.9 Å². The van der Waals surface area contributed by atoms with E-state index in [1.54, 1.807) is 0 Å². The normalized spacial score (nSPS) is 26.1. The highest BCUT2D eigenvalue weighted by Gasteiger charge is 2.47. The van der Waals surface area contributed by atoms with Crippen molar-refractivity contribution in [3.63, 3.8) is 0 Å². The highest BCUT2D eigenvalue weighted by molar-refractivity contribution is 6.30. The second-order valence-electron chi connectivity index (χ2n) is 7.29. The van der Waals surface area contributed by atoms with Gasteiger partial charge in [0, 0.05) is 18.1 Å². The van der Waals surface area contributed by atoms with E-state index in [9.17, 15) is 4.79 Å². The molecule has 0 aromatic heterocycles. The van der Waals surface area contributed by atoms with E-state index in [0.717, 1.165) is 55.8 Å². The van der Waals surface area contributed by atoms with Gasteiger partial charge in [-0.25, -0.2) is 0 Å². The third kappa shape index (κ3) is 3.38. The van der Waals surface area contributed by atoms with Crippen LogP contribution in [0, 0.1) is 5.41 Å². The van der Waals surface area contributed by atoms with Gasteiger partial charge in [-0.2, -0.15) is 0 Å². The molecule has 3 rings (SSSR count). The molecule has 1 saturated heterocycles. The molecule has 1 aliphatic heterocycles. The van der Waals surface area contributed by atoms with Crippen molar-refractivity contribution in [2.75, 3.05) is 19.6 Å². The van der Waals surface area contributed by atoms with Crippen molar-refractivity contribution in [1.29, 1.82) is 0 Å². The number of hydrogen-bond donors (Lipinski definition) is 1. The number of halogens is 2. The van der Waals surface area contributed by atoms with E-state index in [0.29, 0.717) is 12.5 Å². The zero-order chi connectivity index (χ0) is 15.8. The molecule has 2 fully saturated rings. The SMILES string of the molecule is CC1(CN)CCN(C(=O)C2(c3ccc(Cl)cc3)CCCC2)C1.Cl. The first-order valence-corrected chi connectivity index (χ1v) is 8.62. The summed E-state index contributed by atoms with van der Waals surface area (Å²) < 4.78 is 0. The summed E-state index contributed by atoms with van der Waals surface area (Å²) in [5.74, 6) is 0.296. The summed E-state index contributed by atoms with van der Waals surface area (Å²) in [7, 11) is 0. The maximum atomic E-state index is 13.3. The van der Waals surface area contributed by atoms with Crippen LogP contribution in [0.3, 0.4) is 0 Å². The van der Waals surface area contributed by atoms with E-state index in [1.165, 1.54) is 0 Å². The molecule has 0 bridgehead atoms. The molecule has 5 heteroatoms. The summed E-state index contributed by atoms with van der Waals surface area (Å²) in [6, 6.07) is 7.87. The molecule has 1 unspecified atom stereocenters. The lowest BCUT2D eigenvalue weighted by molar-refractivity contribution is -0.136. The Kier molecular flexibility index (Phi) is 5.65. The Morgan fingerprint density at radius 1 is 1.22 bits per heavy atom. The van der Waals surface area contributed by atoms with E-state index < -0.39 is 0 Å². The second-order valence-corrected chi connectivity index (χ2v) is 7.72. The number of likely N-dealkylation sites (tertiary alicyclic amines) is 1. The number of hydrogen-bond acceptors (Lipinski definition) is 2. The van der Waals surface area contributed by atoms with Crippen LogP contribution < -0.4 is 5.73 Å². The lowest BCUT2D eigenvalue weighted by Gasteiger charge is -2.34. The molecule has 3 nitrogen and oxygen atoms in total. The Balaban J connectivity index is 0.00000192. The fraction of sp³-hybridized carbons (Fsp3) is 0.611. The molecule has 128 valence electrons. The second kappa shape index (κ2) is 7.00. The number of benzene rings is 1. The lowest BCUT2D eigenvalue weighted by Crippen LogP contribution is -2.45. The topological polar surface area (TPSA) is 46.3 Å². The zero-order valence-electron chi connectivity index (χ0n) is 13.7. The van der Waals surface area contributed by atoms with Crippen LogP contribution in [0.2, 0.25) is 5.02 Å². The number of rotatable bonds is 3. The number of nitrogens with zero attached hydrogens (tertiary/aromatic N) is 1. The fourth-order valence-corrected chi connectivity index (χ4v) is 4.17. The molecule has 0 radical (unpaired) electrons. The van der Waals surface area contributed by atoms with Crippen molar-refractivity contribution < 1.29 is 4.79 Å². The van der Waals surface area contributed by atoms with E-state index in [2.05, 4.69) is 6.92 Å². The van der Waals surface area contributed by atoms with Crippen LogP contribution in [-0.4, -0.2) is 30.4 Å². The van der Waals surface area contributed by atoms with Crippen LogP contribution in [0.25, 0.3) is 0 Å². The number of carbonyl (C=O) groups is 1. The minimum Gasteiger partial charge on any atom is -0.341 e. The summed E-state index contributed by atoms with van der Waals surface area (Å²) in [5.41, 5.74) is 6.75. The molecule has 2 N–H and O–H groups in total. The molecule has 1 aromatic carbocycles. The highest BCUT2D eigenvalue weighted by Crippen LogP contribution is 2.44. The minimum atomic E-state index is -0.343. The Hall–Kier alpha value is -0.770. The first kappa shape index (κ1) is 18.6. The molecule has 23 heavy (non-hydrogen) atoms. The van der Waals surface area contributed by atoms with Crippen molar-refractivity contribution in [3.05, 3.63) is 34.9 Å². The molecular weight excluding hydrogens is 331 g/mol. The summed E-state index contributed by atoms with van der Waals surface area (Å²) in [6.07, 6.45) is 5.14. The fourth-order valence-electron chi connectivity index (χ4n) is 4.04. The van der Waals surface area contributed by atoms with Gasteiger partial charge < -0.3 is 10.6 Å². The molecule has 1 saturated carbocycles. The molecular formula is C18H26Cl2N2O. The van der Waals surface area contributed by atoms with Crippen LogP contribution in [-0.2, 0) is 10.2 Å². The average molecular weight is 357 g/mol. The van der Waals surface area contributed by atoms with Gasteiger partial charge in [0.05, 0.1) is 5.41 Å². The van der Waals surface area contributed by atoms with Crippen LogP contribution in [0.1, 0.15) is 44.6 Å². The molecule has 1 heterocycles. The number of nitrogens with two attached hydrogens (primary N) is 1. The molecule has 1 amide bonds. The molecule has 1 aromatic rings.